The number of rotatable bonds is 3. The maximum atomic E-state index is 11.3. The van der Waals surface area contributed by atoms with E-state index in [-0.39, 0.29) is 11.2 Å². The predicted octanol–water partition coefficient (Wildman–Crippen LogP) is 0.0603. The fourth-order valence-electron chi connectivity index (χ4n) is 1.72. The topological polar surface area (TPSA) is 90.6 Å². The van der Waals surface area contributed by atoms with Crippen molar-refractivity contribution in [2.75, 3.05) is 11.9 Å². The lowest BCUT2D eigenvalue weighted by Crippen LogP contribution is -2.36. The van der Waals surface area contributed by atoms with Gasteiger partial charge in [0, 0.05) is 6.54 Å². The van der Waals surface area contributed by atoms with E-state index in [2.05, 4.69) is 27.4 Å². The Morgan fingerprint density at radius 1 is 1.47 bits per heavy atom. The molecule has 0 atom stereocenters. The summed E-state index contributed by atoms with van der Waals surface area (Å²) in [6, 6.07) is 0. The number of hydrogen-bond donors (Lipinski definition) is 3. The SMILES string of the molecule is CC1(CNc2n[nH]c(=O)[nH]c2=O)CCC1. The molecule has 0 saturated heterocycles. The minimum Gasteiger partial charge on any atom is -0.364 e. The first-order valence-corrected chi connectivity index (χ1v) is 5.02. The molecule has 0 aromatic carbocycles. The Morgan fingerprint density at radius 3 is 2.73 bits per heavy atom. The van der Waals surface area contributed by atoms with Crippen LogP contribution >= 0.6 is 0 Å². The highest BCUT2D eigenvalue weighted by molar-refractivity contribution is 5.29. The molecule has 1 aliphatic carbocycles. The molecule has 82 valence electrons. The largest absolute Gasteiger partial charge is 0.364 e. The van der Waals surface area contributed by atoms with E-state index in [9.17, 15) is 9.59 Å². The molecule has 1 heterocycles. The van der Waals surface area contributed by atoms with E-state index >= 15 is 0 Å². The van der Waals surface area contributed by atoms with Gasteiger partial charge < -0.3 is 5.32 Å². The van der Waals surface area contributed by atoms with Crippen molar-refractivity contribution >= 4 is 5.82 Å². The lowest BCUT2D eigenvalue weighted by Gasteiger charge is -2.38. The standard InChI is InChI=1S/C9H14N4O2/c1-9(3-2-4-9)5-10-6-7(14)11-8(15)13-12-6/h2-5H2,1H3,(H,10,12)(H2,11,13,14,15). The molecule has 0 amide bonds. The summed E-state index contributed by atoms with van der Waals surface area (Å²) in [5, 5.41) is 8.79. The van der Waals surface area contributed by atoms with Crippen LogP contribution in [0.1, 0.15) is 26.2 Å². The number of anilines is 1. The zero-order valence-electron chi connectivity index (χ0n) is 8.59. The molecule has 0 unspecified atom stereocenters. The molecule has 1 aromatic rings. The van der Waals surface area contributed by atoms with Gasteiger partial charge in [0.2, 0.25) is 5.82 Å². The van der Waals surface area contributed by atoms with E-state index in [1.165, 1.54) is 19.3 Å². The van der Waals surface area contributed by atoms with Crippen LogP contribution in [-0.4, -0.2) is 21.7 Å². The first-order valence-electron chi connectivity index (χ1n) is 5.02. The van der Waals surface area contributed by atoms with Crippen LogP contribution in [0.4, 0.5) is 5.82 Å². The van der Waals surface area contributed by atoms with Gasteiger partial charge in [-0.15, -0.1) is 5.10 Å². The summed E-state index contributed by atoms with van der Waals surface area (Å²) in [5.41, 5.74) is -0.786. The summed E-state index contributed by atoms with van der Waals surface area (Å²) in [6.45, 7) is 2.89. The van der Waals surface area contributed by atoms with Crippen LogP contribution in [0.15, 0.2) is 9.59 Å². The van der Waals surface area contributed by atoms with Gasteiger partial charge >= 0.3 is 5.69 Å². The van der Waals surface area contributed by atoms with Crippen LogP contribution in [0.2, 0.25) is 0 Å². The second kappa shape index (κ2) is 3.52. The third-order valence-electron chi connectivity index (χ3n) is 2.95. The second-order valence-electron chi connectivity index (χ2n) is 4.37. The summed E-state index contributed by atoms with van der Waals surface area (Å²) in [7, 11) is 0. The molecule has 1 saturated carbocycles. The van der Waals surface area contributed by atoms with Crippen molar-refractivity contribution in [3.63, 3.8) is 0 Å². The van der Waals surface area contributed by atoms with Gasteiger partial charge in [0.15, 0.2) is 0 Å². The summed E-state index contributed by atoms with van der Waals surface area (Å²) in [6.07, 6.45) is 3.58. The molecule has 0 spiro atoms. The zero-order valence-corrected chi connectivity index (χ0v) is 8.59. The molecule has 1 fully saturated rings. The van der Waals surface area contributed by atoms with E-state index in [0.717, 1.165) is 6.54 Å². The van der Waals surface area contributed by atoms with Gasteiger partial charge in [0.05, 0.1) is 0 Å². The smallest absolute Gasteiger partial charge is 0.342 e. The first-order chi connectivity index (χ1) is 7.09. The van der Waals surface area contributed by atoms with E-state index < -0.39 is 11.2 Å². The average Bonchev–Trinajstić information content (AvgIpc) is 2.14. The van der Waals surface area contributed by atoms with Crippen LogP contribution in [0.5, 0.6) is 0 Å². The Hall–Kier alpha value is -1.59. The molecule has 6 heteroatoms. The normalized spacial score (nSPS) is 18.2. The fourth-order valence-corrected chi connectivity index (χ4v) is 1.72. The Balaban J connectivity index is 2.05. The molecule has 1 aromatic heterocycles. The molecule has 3 N–H and O–H groups in total. The highest BCUT2D eigenvalue weighted by Crippen LogP contribution is 2.39. The van der Waals surface area contributed by atoms with Crippen LogP contribution in [0.3, 0.4) is 0 Å². The van der Waals surface area contributed by atoms with Gasteiger partial charge in [-0.1, -0.05) is 13.3 Å². The molecule has 0 aliphatic heterocycles. The van der Waals surface area contributed by atoms with Gasteiger partial charge in [-0.25, -0.2) is 9.89 Å². The highest BCUT2D eigenvalue weighted by atomic mass is 16.2. The second-order valence-corrected chi connectivity index (χ2v) is 4.37. The number of H-pyrrole nitrogens is 2. The molecule has 6 nitrogen and oxygen atoms in total. The van der Waals surface area contributed by atoms with E-state index in [1.807, 2.05) is 0 Å². The quantitative estimate of drug-likeness (QED) is 0.658. The molecule has 0 bridgehead atoms. The van der Waals surface area contributed by atoms with Crippen molar-refractivity contribution in [1.29, 1.82) is 0 Å². The fraction of sp³-hybridized carbons (Fsp3) is 0.667. The van der Waals surface area contributed by atoms with Gasteiger partial charge in [-0.3, -0.25) is 9.78 Å². The Labute approximate surface area is 86.1 Å². The molecular weight excluding hydrogens is 196 g/mol. The lowest BCUT2D eigenvalue weighted by atomic mass is 9.70. The van der Waals surface area contributed by atoms with Crippen LogP contribution in [0.25, 0.3) is 0 Å². The van der Waals surface area contributed by atoms with Crippen molar-refractivity contribution < 1.29 is 0 Å². The number of aromatic nitrogens is 3. The lowest BCUT2D eigenvalue weighted by molar-refractivity contribution is 0.179. The predicted molar refractivity (Wildman–Crippen MR) is 55.9 cm³/mol. The van der Waals surface area contributed by atoms with Crippen molar-refractivity contribution in [2.45, 2.75) is 26.2 Å². The number of aromatic amines is 2. The minimum absolute atomic E-state index is 0.183. The van der Waals surface area contributed by atoms with Crippen LogP contribution in [0, 0.1) is 5.41 Å². The monoisotopic (exact) mass is 210 g/mol. The zero-order chi connectivity index (χ0) is 10.9. The Morgan fingerprint density at radius 2 is 2.20 bits per heavy atom. The minimum atomic E-state index is -0.583. The van der Waals surface area contributed by atoms with E-state index in [0.29, 0.717) is 0 Å². The third kappa shape index (κ3) is 2.08. The van der Waals surface area contributed by atoms with E-state index in [1.54, 1.807) is 0 Å². The van der Waals surface area contributed by atoms with Crippen molar-refractivity contribution in [1.82, 2.24) is 15.2 Å². The van der Waals surface area contributed by atoms with E-state index in [4.69, 9.17) is 0 Å². The molecular formula is C9H14N4O2. The van der Waals surface area contributed by atoms with Gasteiger partial charge in [-0.05, 0) is 18.3 Å². The van der Waals surface area contributed by atoms with Crippen molar-refractivity contribution in [3.05, 3.63) is 20.8 Å². The maximum Gasteiger partial charge on any atom is 0.342 e. The highest BCUT2D eigenvalue weighted by Gasteiger charge is 2.31. The summed E-state index contributed by atoms with van der Waals surface area (Å²) in [5.74, 6) is 0.183. The molecule has 15 heavy (non-hydrogen) atoms. The molecule has 2 rings (SSSR count). The number of nitrogens with one attached hydrogen (secondary N) is 3. The first kappa shape index (κ1) is 9.95. The van der Waals surface area contributed by atoms with Crippen LogP contribution < -0.4 is 16.6 Å². The number of nitrogens with zero attached hydrogens (tertiary/aromatic N) is 1. The summed E-state index contributed by atoms with van der Waals surface area (Å²) in [4.78, 5) is 24.1. The maximum absolute atomic E-state index is 11.3. The summed E-state index contributed by atoms with van der Waals surface area (Å²) < 4.78 is 0. The van der Waals surface area contributed by atoms with Crippen LogP contribution in [-0.2, 0) is 0 Å². The number of hydrogen-bond acceptors (Lipinski definition) is 4. The van der Waals surface area contributed by atoms with Gasteiger partial charge in [0.25, 0.3) is 5.56 Å². The Bertz CT molecular complexity index is 458. The molecule has 1 aliphatic rings. The van der Waals surface area contributed by atoms with Crippen molar-refractivity contribution in [3.8, 4) is 0 Å². The van der Waals surface area contributed by atoms with Crippen molar-refractivity contribution in [2.24, 2.45) is 5.41 Å². The Kier molecular flexibility index (Phi) is 2.34. The van der Waals surface area contributed by atoms with Gasteiger partial charge in [0.1, 0.15) is 0 Å². The molecule has 0 radical (unpaired) electrons. The van der Waals surface area contributed by atoms with Gasteiger partial charge in [-0.2, -0.15) is 0 Å². The third-order valence-corrected chi connectivity index (χ3v) is 2.95. The average molecular weight is 210 g/mol. The summed E-state index contributed by atoms with van der Waals surface area (Å²) >= 11 is 0.